The topological polar surface area (TPSA) is 263 Å². The lowest BCUT2D eigenvalue weighted by Gasteiger charge is -2.28. The van der Waals surface area contributed by atoms with Crippen LogP contribution in [0.15, 0.2) is 78.4 Å². The number of carbonyl (C=O) groups is 2. The maximum absolute atomic E-state index is 16.5. The number of carbonyl (C=O) groups excluding carboxylic acids is 2. The number of alkyl halides is 2. The third-order valence-electron chi connectivity index (χ3n) is 9.73. The number of halogens is 2. The van der Waals surface area contributed by atoms with Crippen LogP contribution < -0.4 is 10.5 Å². The van der Waals surface area contributed by atoms with Gasteiger partial charge >= 0.3 is 14.6 Å². The van der Waals surface area contributed by atoms with Gasteiger partial charge < -0.3 is 20.1 Å². The first-order valence-corrected chi connectivity index (χ1v) is 24.1. The largest absolute Gasteiger partial charge is 0.472 e. The number of hydrogen-bond donors (Lipinski definition) is 3. The first kappa shape index (κ1) is 42.5. The zero-order chi connectivity index (χ0) is 42.6. The molecule has 8 rings (SSSR count). The summed E-state index contributed by atoms with van der Waals surface area (Å²) < 4.78 is 125. The molecular formula is C34H35F2N7O13P2S2. The molecule has 0 saturated carbocycles. The number of hydrogen-bond acceptors (Lipinski definition) is 17. The number of phosphoric acid groups is 1. The molecule has 2 aromatic heterocycles. The fourth-order valence-electron chi connectivity index (χ4n) is 6.69. The first-order chi connectivity index (χ1) is 28.5. The van der Waals surface area contributed by atoms with Gasteiger partial charge in [0.05, 0.1) is 30.9 Å². The average Bonchev–Trinajstić information content (AvgIpc) is 3.86. The van der Waals surface area contributed by atoms with Gasteiger partial charge in [-0.05, 0) is 54.2 Å². The number of nitrogen functional groups attached to an aromatic ring is 1. The summed E-state index contributed by atoms with van der Waals surface area (Å²) in [4.78, 5) is 48.2. The normalized spacial score (nSPS) is 32.6. The fraction of sp³-hybridized carbons (Fsp3) is 0.382. The highest BCUT2D eigenvalue weighted by atomic mass is 32.7. The highest BCUT2D eigenvalue weighted by molar-refractivity contribution is 8.54. The second kappa shape index (κ2) is 16.6. The second-order valence-corrected chi connectivity index (χ2v) is 21.0. The zero-order valence-corrected chi connectivity index (χ0v) is 34.4. The van der Waals surface area contributed by atoms with Crippen LogP contribution in [0, 0.1) is 6.92 Å². The van der Waals surface area contributed by atoms with Gasteiger partial charge in [0, 0.05) is 17.6 Å². The third-order valence-corrected chi connectivity index (χ3v) is 15.8. The molecule has 4 aliphatic heterocycles. The van der Waals surface area contributed by atoms with Gasteiger partial charge in [-0.2, -0.15) is 0 Å². The van der Waals surface area contributed by atoms with Crippen LogP contribution in [0.25, 0.3) is 11.2 Å². The molecule has 10 atom stereocenters. The maximum atomic E-state index is 16.5. The lowest BCUT2D eigenvalue weighted by molar-refractivity contribution is -0.146. The molecule has 4 N–H and O–H groups in total. The molecule has 2 aromatic carbocycles. The van der Waals surface area contributed by atoms with Crippen molar-refractivity contribution in [1.82, 2.24) is 24.4 Å². The van der Waals surface area contributed by atoms with Gasteiger partial charge in [-0.3, -0.25) is 41.9 Å². The standard InChI is InChI=1S/C34H35F2N7O13P2S2/c1-18-2-6-20(7-3-18)41-60(49,50)22-8-4-19(5-9-22)15-59-58(48)52-14-24-29(27(36)33(54-24)42-11-10-21(44)12-25(42)45)55-57(46,47)51-13-23-26(35)30(56-58)34(53-23)43-17-40-28-31(37)38-16-39-32(28)43/h2-11,16-17,23-24,26-27,29-30,33-34,41H,12-15H2,1H3,(H,46,47)(H2,37,38,39)/t23-,24-,26-,27-,29-,30-,33-,34-,58?/m1/s1. The molecule has 0 aliphatic carbocycles. The summed E-state index contributed by atoms with van der Waals surface area (Å²) in [6.45, 7) is -4.68. The Morgan fingerprint density at radius 1 is 0.933 bits per heavy atom. The van der Waals surface area contributed by atoms with Crippen molar-refractivity contribution in [3.05, 3.63) is 84.6 Å². The summed E-state index contributed by atoms with van der Waals surface area (Å²) in [5.74, 6) is -1.60. The van der Waals surface area contributed by atoms with E-state index in [-0.39, 0.29) is 27.6 Å². The molecule has 0 radical (unpaired) electrons. The van der Waals surface area contributed by atoms with Crippen molar-refractivity contribution in [3.8, 4) is 0 Å². The number of phosphoric ester groups is 1. The smallest absolute Gasteiger partial charge is 0.382 e. The molecule has 3 saturated heterocycles. The molecule has 60 heavy (non-hydrogen) atoms. The minimum absolute atomic E-state index is 0.0235. The van der Waals surface area contributed by atoms with Crippen molar-refractivity contribution in [3.63, 3.8) is 0 Å². The Bertz CT molecular complexity index is 2540. The Hall–Kier alpha value is -4.19. The minimum atomic E-state index is -5.28. The van der Waals surface area contributed by atoms with Crippen LogP contribution in [-0.4, -0.2) is 106 Å². The number of ketones is 1. The van der Waals surface area contributed by atoms with Gasteiger partial charge in [-0.15, -0.1) is 0 Å². The van der Waals surface area contributed by atoms with Crippen LogP contribution in [0.4, 0.5) is 20.3 Å². The van der Waals surface area contributed by atoms with Gasteiger partial charge in [0.25, 0.3) is 10.0 Å². The molecule has 320 valence electrons. The molecule has 4 aromatic rings. The number of fused-ring (bicyclic) bond motifs is 4. The lowest BCUT2D eigenvalue weighted by atomic mass is 10.1. The Balaban J connectivity index is 1.10. The summed E-state index contributed by atoms with van der Waals surface area (Å²) in [5, 5.41) is 0. The van der Waals surface area contributed by atoms with Crippen molar-refractivity contribution in [2.45, 2.75) is 73.2 Å². The lowest BCUT2D eigenvalue weighted by Crippen LogP contribution is -2.44. The molecule has 1 amide bonds. The Morgan fingerprint density at radius 2 is 1.65 bits per heavy atom. The van der Waals surface area contributed by atoms with Crippen LogP contribution in [0.3, 0.4) is 0 Å². The monoisotopic (exact) mass is 913 g/mol. The molecule has 4 aliphatic rings. The van der Waals surface area contributed by atoms with E-state index in [1.165, 1.54) is 35.2 Å². The van der Waals surface area contributed by atoms with E-state index in [0.717, 1.165) is 29.1 Å². The Labute approximate surface area is 343 Å². The van der Waals surface area contributed by atoms with Crippen LogP contribution in [0.2, 0.25) is 0 Å². The number of amides is 1. The number of nitrogens with one attached hydrogen (secondary N) is 1. The van der Waals surface area contributed by atoms with E-state index in [9.17, 15) is 32.0 Å². The summed E-state index contributed by atoms with van der Waals surface area (Å²) in [6.07, 6.45) is -11.4. The highest BCUT2D eigenvalue weighted by Gasteiger charge is 2.56. The number of aromatic nitrogens is 4. The van der Waals surface area contributed by atoms with Gasteiger partial charge in [0.15, 0.2) is 42.0 Å². The van der Waals surface area contributed by atoms with Crippen LogP contribution in [-0.2, 0) is 62.1 Å². The van der Waals surface area contributed by atoms with Gasteiger partial charge in [-0.25, -0.2) is 41.3 Å². The van der Waals surface area contributed by atoms with E-state index >= 15 is 8.78 Å². The molecule has 6 heterocycles. The molecule has 0 spiro atoms. The summed E-state index contributed by atoms with van der Waals surface area (Å²) >= 11 is 0.550. The number of imidazole rings is 1. The summed E-state index contributed by atoms with van der Waals surface area (Å²) in [5.41, 5.74) is 7.83. The van der Waals surface area contributed by atoms with Crippen molar-refractivity contribution < 1.29 is 68.4 Å². The van der Waals surface area contributed by atoms with Crippen molar-refractivity contribution >= 4 is 70.4 Å². The number of anilines is 2. The first-order valence-electron chi connectivity index (χ1n) is 18.0. The minimum Gasteiger partial charge on any atom is -0.382 e. The third kappa shape index (κ3) is 8.77. The number of benzene rings is 2. The molecule has 3 fully saturated rings. The molecular weight excluding hydrogens is 878 g/mol. The fourth-order valence-corrected chi connectivity index (χ4v) is 12.1. The Morgan fingerprint density at radius 3 is 2.38 bits per heavy atom. The Kier molecular flexibility index (Phi) is 11.8. The van der Waals surface area contributed by atoms with E-state index in [0.29, 0.717) is 22.6 Å². The molecule has 26 heteroatoms. The van der Waals surface area contributed by atoms with E-state index in [2.05, 4.69) is 19.7 Å². The van der Waals surface area contributed by atoms with E-state index in [4.69, 9.17) is 33.3 Å². The van der Waals surface area contributed by atoms with Crippen molar-refractivity contribution in [1.29, 1.82) is 0 Å². The van der Waals surface area contributed by atoms with E-state index in [1.54, 1.807) is 24.3 Å². The molecule has 2 bridgehead atoms. The average molecular weight is 914 g/mol. The molecule has 20 nitrogen and oxygen atoms in total. The van der Waals surface area contributed by atoms with E-state index < -0.39 is 105 Å². The number of nitrogens with two attached hydrogens (primary N) is 1. The number of ether oxygens (including phenoxy) is 2. The maximum Gasteiger partial charge on any atom is 0.472 e. The number of rotatable bonds is 8. The van der Waals surface area contributed by atoms with Crippen LogP contribution >= 0.6 is 26.0 Å². The predicted molar refractivity (Wildman–Crippen MR) is 207 cm³/mol. The SMILES string of the molecule is Cc1ccc(NS(=O)(=O)c2ccc(CSP3(=O)OC[C@H]4O[C@@H](N5C=CC(=O)CC5=O)[C@H](F)[C@@H]4OP(=O)(O)OC[C@H]4O[C@@H](n5cnc6c(N)ncnc65)[C@H](O3)[C@@H]4F)cc2)cc1. The molecule has 2 unspecified atom stereocenters. The van der Waals surface area contributed by atoms with Crippen molar-refractivity contribution in [2.24, 2.45) is 0 Å². The summed E-state index contributed by atoms with van der Waals surface area (Å²) in [7, 11) is -9.28. The highest BCUT2D eigenvalue weighted by Crippen LogP contribution is 2.65. The zero-order valence-electron chi connectivity index (χ0n) is 31.0. The van der Waals surface area contributed by atoms with Crippen LogP contribution in [0.1, 0.15) is 23.8 Å². The van der Waals surface area contributed by atoms with Crippen molar-refractivity contribution in [2.75, 3.05) is 23.7 Å². The number of allylic oxidation sites excluding steroid dienone is 1. The van der Waals surface area contributed by atoms with Gasteiger partial charge in [0.2, 0.25) is 5.91 Å². The summed E-state index contributed by atoms with van der Waals surface area (Å²) in [6, 6.07) is 12.3. The van der Waals surface area contributed by atoms with Crippen LogP contribution in [0.5, 0.6) is 0 Å². The van der Waals surface area contributed by atoms with Gasteiger partial charge in [0.1, 0.15) is 36.3 Å². The number of aryl methyl sites for hydroxylation is 1. The van der Waals surface area contributed by atoms with Gasteiger partial charge in [-0.1, -0.05) is 29.8 Å². The quantitative estimate of drug-likeness (QED) is 0.166. The number of nitrogens with zero attached hydrogens (tertiary/aromatic N) is 5. The predicted octanol–water partition coefficient (Wildman–Crippen LogP) is 4.09. The van der Waals surface area contributed by atoms with E-state index in [1.807, 2.05) is 6.92 Å². The second-order valence-electron chi connectivity index (χ2n) is 13.9. The number of sulfonamides is 1.